The maximum atomic E-state index is 12.0. The first-order valence-corrected chi connectivity index (χ1v) is 7.60. The highest BCUT2D eigenvalue weighted by Crippen LogP contribution is 2.22. The molecule has 0 radical (unpaired) electrons. The molecule has 0 saturated heterocycles. The summed E-state index contributed by atoms with van der Waals surface area (Å²) in [6.45, 7) is 4.36. The minimum atomic E-state index is -0.640. The summed E-state index contributed by atoms with van der Waals surface area (Å²) in [7, 11) is 1.52. The number of methoxy groups -OCH3 is 1. The molecule has 0 aliphatic rings. The number of carbonyl (C=O) groups is 1. The van der Waals surface area contributed by atoms with E-state index >= 15 is 0 Å². The van der Waals surface area contributed by atoms with Crippen molar-refractivity contribution in [3.8, 4) is 11.8 Å². The molecule has 0 atom stereocenters. The van der Waals surface area contributed by atoms with Crippen LogP contribution in [0.1, 0.15) is 17.0 Å². The second-order valence-corrected chi connectivity index (χ2v) is 5.30. The van der Waals surface area contributed by atoms with E-state index in [-0.39, 0.29) is 12.2 Å². The van der Waals surface area contributed by atoms with Crippen LogP contribution in [0.3, 0.4) is 0 Å². The lowest BCUT2D eigenvalue weighted by Crippen LogP contribution is -2.11. The quantitative estimate of drug-likeness (QED) is 0.354. The van der Waals surface area contributed by atoms with Crippen molar-refractivity contribution in [2.24, 2.45) is 0 Å². The number of carbonyl (C=O) groups excluding carboxylic acids is 1. The van der Waals surface area contributed by atoms with Crippen LogP contribution in [0.4, 0.5) is 0 Å². The molecule has 2 aromatic rings. The maximum Gasteiger partial charge on any atom is 0.348 e. The number of esters is 1. The third-order valence-electron chi connectivity index (χ3n) is 3.65. The number of hydrogen-bond acceptors (Lipinski definition) is 4. The first-order chi connectivity index (χ1) is 11.6. The summed E-state index contributed by atoms with van der Waals surface area (Å²) >= 11 is 0. The Kier molecular flexibility index (Phi) is 5.94. The van der Waals surface area contributed by atoms with E-state index in [4.69, 9.17) is 9.47 Å². The van der Waals surface area contributed by atoms with Crippen LogP contribution >= 0.6 is 0 Å². The smallest absolute Gasteiger partial charge is 0.348 e. The third kappa shape index (κ3) is 3.92. The van der Waals surface area contributed by atoms with Gasteiger partial charge in [-0.25, -0.2) is 4.79 Å². The molecule has 0 bridgehead atoms. The van der Waals surface area contributed by atoms with Gasteiger partial charge in [-0.1, -0.05) is 18.2 Å². The van der Waals surface area contributed by atoms with Gasteiger partial charge < -0.3 is 14.0 Å². The molecule has 0 aliphatic carbocycles. The fourth-order valence-corrected chi connectivity index (χ4v) is 2.50. The number of aromatic nitrogens is 1. The molecular formula is C19H20N2O3. The van der Waals surface area contributed by atoms with E-state index in [1.165, 1.54) is 7.11 Å². The Morgan fingerprint density at radius 1 is 1.25 bits per heavy atom. The van der Waals surface area contributed by atoms with Crippen molar-refractivity contribution < 1.29 is 14.3 Å². The van der Waals surface area contributed by atoms with Crippen LogP contribution in [0.15, 0.2) is 42.0 Å². The topological polar surface area (TPSA) is 64.2 Å². The summed E-state index contributed by atoms with van der Waals surface area (Å²) in [5.41, 5.74) is 3.80. The second kappa shape index (κ2) is 8.14. The highest BCUT2D eigenvalue weighted by atomic mass is 16.6. The Morgan fingerprint density at radius 3 is 2.58 bits per heavy atom. The van der Waals surface area contributed by atoms with Crippen molar-refractivity contribution >= 4 is 12.0 Å². The molecule has 1 aromatic carbocycles. The number of ether oxygens (including phenoxy) is 2. The van der Waals surface area contributed by atoms with Gasteiger partial charge in [0.2, 0.25) is 0 Å². The Labute approximate surface area is 141 Å². The van der Waals surface area contributed by atoms with Crippen LogP contribution in [0.5, 0.6) is 0 Å². The molecule has 0 amide bonds. The number of nitriles is 1. The zero-order valence-corrected chi connectivity index (χ0v) is 14.1. The van der Waals surface area contributed by atoms with Crippen molar-refractivity contribution in [3.05, 3.63) is 58.9 Å². The molecule has 24 heavy (non-hydrogen) atoms. The molecule has 0 N–H and O–H groups in total. The average molecular weight is 324 g/mol. The first kappa shape index (κ1) is 17.5. The van der Waals surface area contributed by atoms with E-state index in [0.29, 0.717) is 6.61 Å². The molecule has 0 spiro atoms. The number of rotatable bonds is 6. The number of aryl methyl sites for hydroxylation is 1. The van der Waals surface area contributed by atoms with E-state index in [1.807, 2.05) is 56.3 Å². The lowest BCUT2D eigenvalue weighted by molar-refractivity contribution is -0.139. The summed E-state index contributed by atoms with van der Waals surface area (Å²) in [4.78, 5) is 12.0. The molecular weight excluding hydrogens is 304 g/mol. The summed E-state index contributed by atoms with van der Waals surface area (Å²) < 4.78 is 11.9. The molecule has 5 nitrogen and oxygen atoms in total. The third-order valence-corrected chi connectivity index (χ3v) is 3.65. The summed E-state index contributed by atoms with van der Waals surface area (Å²) in [6, 6.07) is 13.8. The van der Waals surface area contributed by atoms with E-state index in [2.05, 4.69) is 4.57 Å². The van der Waals surface area contributed by atoms with E-state index in [9.17, 15) is 10.1 Å². The summed E-state index contributed by atoms with van der Waals surface area (Å²) in [5, 5.41) is 9.24. The van der Waals surface area contributed by atoms with Crippen molar-refractivity contribution in [3.63, 3.8) is 0 Å². The second-order valence-electron chi connectivity index (χ2n) is 5.30. The van der Waals surface area contributed by atoms with Crippen LogP contribution in [0, 0.1) is 25.2 Å². The zero-order valence-electron chi connectivity index (χ0n) is 14.1. The van der Waals surface area contributed by atoms with Gasteiger partial charge >= 0.3 is 5.97 Å². The first-order valence-electron chi connectivity index (χ1n) is 7.60. The van der Waals surface area contributed by atoms with Gasteiger partial charge in [0, 0.05) is 24.2 Å². The van der Waals surface area contributed by atoms with Gasteiger partial charge in [0.1, 0.15) is 18.2 Å². The van der Waals surface area contributed by atoms with Gasteiger partial charge in [0.15, 0.2) is 0 Å². The van der Waals surface area contributed by atoms with Crippen molar-refractivity contribution in [1.82, 2.24) is 4.57 Å². The Balaban J connectivity index is 2.32. The van der Waals surface area contributed by atoms with E-state index in [0.717, 1.165) is 22.6 Å². The van der Waals surface area contributed by atoms with E-state index < -0.39 is 5.97 Å². The fraction of sp³-hybridized carbons (Fsp3) is 0.263. The fourth-order valence-electron chi connectivity index (χ4n) is 2.50. The number of hydrogen-bond donors (Lipinski definition) is 0. The Bertz CT molecular complexity index is 783. The van der Waals surface area contributed by atoms with E-state index in [1.54, 1.807) is 6.08 Å². The molecule has 0 fully saturated rings. The lowest BCUT2D eigenvalue weighted by Gasteiger charge is -2.09. The minimum absolute atomic E-state index is 0.0283. The standard InChI is InChI=1S/C19H20N2O3/c1-14-11-16(12-17(13-20)19(22)24-10-9-23-3)15(2)21(14)18-7-5-4-6-8-18/h4-8,11-12H,9-10H2,1-3H3/b17-12+. The van der Waals surface area contributed by atoms with Crippen LogP contribution in [-0.4, -0.2) is 30.9 Å². The minimum Gasteiger partial charge on any atom is -0.459 e. The van der Waals surface area contributed by atoms with Crippen molar-refractivity contribution in [1.29, 1.82) is 5.26 Å². The number of para-hydroxylation sites is 1. The van der Waals surface area contributed by atoms with Crippen LogP contribution < -0.4 is 0 Å². The van der Waals surface area contributed by atoms with Crippen LogP contribution in [0.2, 0.25) is 0 Å². The molecule has 5 heteroatoms. The Hall–Kier alpha value is -2.84. The molecule has 124 valence electrons. The number of benzene rings is 1. The van der Waals surface area contributed by atoms with Gasteiger partial charge in [-0.2, -0.15) is 5.26 Å². The largest absolute Gasteiger partial charge is 0.459 e. The predicted molar refractivity (Wildman–Crippen MR) is 91.7 cm³/mol. The zero-order chi connectivity index (χ0) is 17.5. The van der Waals surface area contributed by atoms with Gasteiger partial charge in [-0.05, 0) is 43.7 Å². The normalized spacial score (nSPS) is 11.2. The summed E-state index contributed by atoms with van der Waals surface area (Å²) in [6.07, 6.45) is 1.57. The lowest BCUT2D eigenvalue weighted by atomic mass is 10.1. The Morgan fingerprint density at radius 2 is 1.96 bits per heavy atom. The van der Waals surface area contributed by atoms with Gasteiger partial charge in [0.25, 0.3) is 0 Å². The van der Waals surface area contributed by atoms with Crippen molar-refractivity contribution in [2.45, 2.75) is 13.8 Å². The molecule has 1 aromatic heterocycles. The van der Waals surface area contributed by atoms with Crippen LogP contribution in [0.25, 0.3) is 11.8 Å². The molecule has 0 aliphatic heterocycles. The molecule has 2 rings (SSSR count). The van der Waals surface area contributed by atoms with Gasteiger partial charge in [-0.3, -0.25) is 0 Å². The number of nitrogens with zero attached hydrogens (tertiary/aromatic N) is 2. The van der Waals surface area contributed by atoms with Crippen LogP contribution in [-0.2, 0) is 14.3 Å². The highest BCUT2D eigenvalue weighted by molar-refractivity contribution is 5.98. The maximum absolute atomic E-state index is 12.0. The summed E-state index contributed by atoms with van der Waals surface area (Å²) in [5.74, 6) is -0.640. The molecule has 1 heterocycles. The van der Waals surface area contributed by atoms with Gasteiger partial charge in [-0.15, -0.1) is 0 Å². The van der Waals surface area contributed by atoms with Gasteiger partial charge in [0.05, 0.1) is 6.61 Å². The highest BCUT2D eigenvalue weighted by Gasteiger charge is 2.14. The monoisotopic (exact) mass is 324 g/mol. The average Bonchev–Trinajstić information content (AvgIpc) is 2.87. The predicted octanol–water partition coefficient (Wildman–Crippen LogP) is 3.19. The molecule has 0 unspecified atom stereocenters. The van der Waals surface area contributed by atoms with Crippen molar-refractivity contribution in [2.75, 3.05) is 20.3 Å². The molecule has 0 saturated carbocycles. The SMILES string of the molecule is COCCOC(=O)/C(C#N)=C/c1cc(C)n(-c2ccccc2)c1C.